The molecule has 2 fully saturated rings. The third-order valence-corrected chi connectivity index (χ3v) is 3.96. The zero-order chi connectivity index (χ0) is 12.4. The monoisotopic (exact) mass is 240 g/mol. The summed E-state index contributed by atoms with van der Waals surface area (Å²) in [6, 6.07) is 0.141. The number of rotatable bonds is 5. The molecule has 0 aromatic heterocycles. The lowest BCUT2D eigenvalue weighted by atomic mass is 9.89. The van der Waals surface area contributed by atoms with Crippen molar-refractivity contribution in [3.63, 3.8) is 0 Å². The minimum Gasteiger partial charge on any atom is -0.481 e. The second kappa shape index (κ2) is 5.04. The van der Waals surface area contributed by atoms with E-state index in [0.717, 1.165) is 25.8 Å². The first-order chi connectivity index (χ1) is 8.15. The lowest BCUT2D eigenvalue weighted by Gasteiger charge is -2.23. The standard InChI is InChI=1S/C12H20N2O3/c1-13-6-2-3-11(15)14-8-4-5-10(14)9(7-8)12(16)17/h8-10,13H,2-7H2,1H3,(H,16,17). The summed E-state index contributed by atoms with van der Waals surface area (Å²) in [7, 11) is 1.87. The summed E-state index contributed by atoms with van der Waals surface area (Å²) in [5.41, 5.74) is 0. The fourth-order valence-electron chi connectivity index (χ4n) is 3.19. The largest absolute Gasteiger partial charge is 0.481 e. The van der Waals surface area contributed by atoms with Crippen molar-refractivity contribution in [2.24, 2.45) is 5.92 Å². The molecule has 0 radical (unpaired) electrons. The molecule has 2 bridgehead atoms. The summed E-state index contributed by atoms with van der Waals surface area (Å²) < 4.78 is 0. The van der Waals surface area contributed by atoms with E-state index in [4.69, 9.17) is 5.11 Å². The van der Waals surface area contributed by atoms with Gasteiger partial charge in [-0.3, -0.25) is 9.59 Å². The molecule has 2 saturated heterocycles. The van der Waals surface area contributed by atoms with Crippen LogP contribution in [0.3, 0.4) is 0 Å². The first kappa shape index (κ1) is 12.4. The van der Waals surface area contributed by atoms with Crippen LogP contribution in [0.25, 0.3) is 0 Å². The number of carboxylic acids is 1. The molecule has 1 amide bonds. The Bertz CT molecular complexity index is 319. The number of amides is 1. The summed E-state index contributed by atoms with van der Waals surface area (Å²) in [5.74, 6) is -0.941. The van der Waals surface area contributed by atoms with Gasteiger partial charge in [0.25, 0.3) is 0 Å². The molecule has 0 saturated carbocycles. The molecule has 5 heteroatoms. The third-order valence-electron chi connectivity index (χ3n) is 3.96. The van der Waals surface area contributed by atoms with Crippen LogP contribution >= 0.6 is 0 Å². The number of aliphatic carboxylic acids is 1. The molecule has 2 N–H and O–H groups in total. The van der Waals surface area contributed by atoms with Crippen LogP contribution < -0.4 is 5.32 Å². The first-order valence-electron chi connectivity index (χ1n) is 6.33. The van der Waals surface area contributed by atoms with E-state index in [1.807, 2.05) is 11.9 Å². The van der Waals surface area contributed by atoms with Crippen LogP contribution in [0, 0.1) is 5.92 Å². The van der Waals surface area contributed by atoms with Gasteiger partial charge in [0.05, 0.1) is 5.92 Å². The molecule has 2 rings (SSSR count). The van der Waals surface area contributed by atoms with Gasteiger partial charge in [0.2, 0.25) is 5.91 Å². The highest BCUT2D eigenvalue weighted by Crippen LogP contribution is 2.42. The maximum Gasteiger partial charge on any atom is 0.308 e. The molecule has 96 valence electrons. The Hall–Kier alpha value is -1.10. The number of carbonyl (C=O) groups is 2. The van der Waals surface area contributed by atoms with Crippen molar-refractivity contribution in [1.82, 2.24) is 10.2 Å². The van der Waals surface area contributed by atoms with Crippen molar-refractivity contribution in [3.8, 4) is 0 Å². The van der Waals surface area contributed by atoms with Gasteiger partial charge < -0.3 is 15.3 Å². The summed E-state index contributed by atoms with van der Waals surface area (Å²) >= 11 is 0. The minimum absolute atomic E-state index is 0.0421. The van der Waals surface area contributed by atoms with Crippen LogP contribution in [0.5, 0.6) is 0 Å². The normalized spacial score (nSPS) is 30.9. The number of nitrogens with one attached hydrogen (secondary N) is 1. The molecule has 0 spiro atoms. The molecule has 0 aromatic carbocycles. The van der Waals surface area contributed by atoms with E-state index in [1.54, 1.807) is 0 Å². The molecule has 5 nitrogen and oxygen atoms in total. The van der Waals surface area contributed by atoms with E-state index in [1.165, 1.54) is 0 Å². The zero-order valence-corrected chi connectivity index (χ0v) is 10.2. The Morgan fingerprint density at radius 1 is 1.41 bits per heavy atom. The Morgan fingerprint density at radius 2 is 2.18 bits per heavy atom. The number of hydrogen-bond donors (Lipinski definition) is 2. The lowest BCUT2D eigenvalue weighted by molar-refractivity contribution is -0.143. The second-order valence-electron chi connectivity index (χ2n) is 4.99. The quantitative estimate of drug-likeness (QED) is 0.685. The average molecular weight is 240 g/mol. The van der Waals surface area contributed by atoms with Crippen LogP contribution in [0.4, 0.5) is 0 Å². The van der Waals surface area contributed by atoms with Gasteiger partial charge in [-0.2, -0.15) is 0 Å². The fourth-order valence-corrected chi connectivity index (χ4v) is 3.19. The van der Waals surface area contributed by atoms with Crippen LogP contribution in [0.2, 0.25) is 0 Å². The Labute approximate surface area is 101 Å². The smallest absolute Gasteiger partial charge is 0.308 e. The van der Waals surface area contributed by atoms with Crippen molar-refractivity contribution < 1.29 is 14.7 Å². The van der Waals surface area contributed by atoms with Gasteiger partial charge in [-0.15, -0.1) is 0 Å². The van der Waals surface area contributed by atoms with E-state index < -0.39 is 5.97 Å². The molecule has 2 aliphatic heterocycles. The lowest BCUT2D eigenvalue weighted by Crippen LogP contribution is -2.38. The minimum atomic E-state index is -0.745. The molecule has 2 aliphatic rings. The fraction of sp³-hybridized carbons (Fsp3) is 0.833. The van der Waals surface area contributed by atoms with Gasteiger partial charge >= 0.3 is 5.97 Å². The molecule has 2 heterocycles. The predicted octanol–water partition coefficient (Wildman–Crippen LogP) is 0.450. The van der Waals surface area contributed by atoms with E-state index in [2.05, 4.69) is 5.32 Å². The van der Waals surface area contributed by atoms with Crippen LogP contribution in [0.15, 0.2) is 0 Å². The van der Waals surface area contributed by atoms with Gasteiger partial charge in [-0.25, -0.2) is 0 Å². The third kappa shape index (κ3) is 2.29. The summed E-state index contributed by atoms with van der Waals surface area (Å²) in [4.78, 5) is 25.0. The van der Waals surface area contributed by atoms with E-state index >= 15 is 0 Å². The molecule has 0 aromatic rings. The highest BCUT2D eigenvalue weighted by Gasteiger charge is 2.50. The number of hydrogen-bond acceptors (Lipinski definition) is 3. The Balaban J connectivity index is 1.93. The van der Waals surface area contributed by atoms with Crippen molar-refractivity contribution in [3.05, 3.63) is 0 Å². The van der Waals surface area contributed by atoms with Crippen LogP contribution in [0.1, 0.15) is 32.1 Å². The van der Waals surface area contributed by atoms with E-state index in [0.29, 0.717) is 12.8 Å². The zero-order valence-electron chi connectivity index (χ0n) is 10.2. The molecular formula is C12H20N2O3. The summed E-state index contributed by atoms with van der Waals surface area (Å²) in [6.07, 6.45) is 3.84. The maximum absolute atomic E-state index is 12.1. The highest BCUT2D eigenvalue weighted by atomic mass is 16.4. The first-order valence-corrected chi connectivity index (χ1v) is 6.33. The highest BCUT2D eigenvalue weighted by molar-refractivity contribution is 5.80. The summed E-state index contributed by atoms with van der Waals surface area (Å²) in [5, 5.41) is 12.1. The topological polar surface area (TPSA) is 69.6 Å². The molecular weight excluding hydrogens is 220 g/mol. The van der Waals surface area contributed by atoms with Crippen molar-refractivity contribution in [2.45, 2.75) is 44.2 Å². The van der Waals surface area contributed by atoms with Crippen molar-refractivity contribution in [1.29, 1.82) is 0 Å². The number of carbonyl (C=O) groups excluding carboxylic acids is 1. The summed E-state index contributed by atoms with van der Waals surface area (Å²) in [6.45, 7) is 0.831. The van der Waals surface area contributed by atoms with Crippen LogP contribution in [-0.4, -0.2) is 47.6 Å². The van der Waals surface area contributed by atoms with Gasteiger partial charge in [0.1, 0.15) is 0 Å². The Kier molecular flexibility index (Phi) is 3.66. The Morgan fingerprint density at radius 3 is 2.76 bits per heavy atom. The van der Waals surface area contributed by atoms with Crippen LogP contribution in [-0.2, 0) is 9.59 Å². The number of carboxylic acid groups (broad SMARTS) is 1. The average Bonchev–Trinajstić information content (AvgIpc) is 2.86. The molecule has 3 atom stereocenters. The van der Waals surface area contributed by atoms with Gasteiger partial charge in [0, 0.05) is 18.5 Å². The molecule has 0 aliphatic carbocycles. The van der Waals surface area contributed by atoms with Gasteiger partial charge in [-0.05, 0) is 39.3 Å². The maximum atomic E-state index is 12.1. The van der Waals surface area contributed by atoms with Gasteiger partial charge in [-0.1, -0.05) is 0 Å². The SMILES string of the molecule is CNCCCC(=O)N1C2CCC1C(C(=O)O)C2. The molecule has 3 unspecified atom stereocenters. The van der Waals surface area contributed by atoms with Crippen molar-refractivity contribution in [2.75, 3.05) is 13.6 Å². The molecule has 17 heavy (non-hydrogen) atoms. The number of fused-ring (bicyclic) bond motifs is 2. The van der Waals surface area contributed by atoms with E-state index in [9.17, 15) is 9.59 Å². The van der Waals surface area contributed by atoms with Crippen molar-refractivity contribution >= 4 is 11.9 Å². The number of nitrogens with zero attached hydrogens (tertiary/aromatic N) is 1. The van der Waals surface area contributed by atoms with Gasteiger partial charge in [0.15, 0.2) is 0 Å². The second-order valence-corrected chi connectivity index (χ2v) is 4.99. The predicted molar refractivity (Wildman–Crippen MR) is 62.6 cm³/mol. The van der Waals surface area contributed by atoms with E-state index in [-0.39, 0.29) is 23.9 Å².